The number of carbonyl (C=O) groups excluding carboxylic acids is 1. The van der Waals surface area contributed by atoms with Crippen LogP contribution in [0.3, 0.4) is 0 Å². The highest BCUT2D eigenvalue weighted by Gasteiger charge is 2.14. The summed E-state index contributed by atoms with van der Waals surface area (Å²) in [4.78, 5) is 25.9. The third kappa shape index (κ3) is 3.44. The molecule has 1 aromatic rings. The number of aromatic nitrogens is 1. The molecule has 0 spiro atoms. The second-order valence-electron chi connectivity index (χ2n) is 3.83. The fourth-order valence-electron chi connectivity index (χ4n) is 1.23. The SMILES string of the molecule is Cc1ccc(C(N)=O)c(NCC(C)C(=O)O)n1. The highest BCUT2D eigenvalue weighted by molar-refractivity contribution is 5.97. The van der Waals surface area contributed by atoms with E-state index in [0.29, 0.717) is 5.82 Å². The minimum Gasteiger partial charge on any atom is -0.481 e. The number of nitrogens with zero attached hydrogens (tertiary/aromatic N) is 1. The molecule has 0 saturated carbocycles. The number of amides is 1. The van der Waals surface area contributed by atoms with Crippen molar-refractivity contribution in [1.82, 2.24) is 4.98 Å². The number of carbonyl (C=O) groups is 2. The van der Waals surface area contributed by atoms with E-state index in [9.17, 15) is 9.59 Å². The summed E-state index contributed by atoms with van der Waals surface area (Å²) >= 11 is 0. The summed E-state index contributed by atoms with van der Waals surface area (Å²) < 4.78 is 0. The van der Waals surface area contributed by atoms with Crippen molar-refractivity contribution in [2.45, 2.75) is 13.8 Å². The molecule has 0 aliphatic carbocycles. The van der Waals surface area contributed by atoms with Gasteiger partial charge in [0.05, 0.1) is 11.5 Å². The number of hydrogen-bond acceptors (Lipinski definition) is 4. The molecule has 0 saturated heterocycles. The molecule has 1 atom stereocenters. The van der Waals surface area contributed by atoms with E-state index >= 15 is 0 Å². The molecular weight excluding hydrogens is 222 g/mol. The zero-order chi connectivity index (χ0) is 13.0. The Hall–Kier alpha value is -2.11. The Kier molecular flexibility index (Phi) is 4.03. The molecule has 0 aliphatic heterocycles. The fourth-order valence-corrected chi connectivity index (χ4v) is 1.23. The van der Waals surface area contributed by atoms with Gasteiger partial charge in [-0.15, -0.1) is 0 Å². The van der Waals surface area contributed by atoms with Crippen LogP contribution in [0.15, 0.2) is 12.1 Å². The van der Waals surface area contributed by atoms with Gasteiger partial charge in [-0.05, 0) is 19.1 Å². The Morgan fingerprint density at radius 1 is 1.53 bits per heavy atom. The maximum absolute atomic E-state index is 11.1. The Morgan fingerprint density at radius 3 is 2.71 bits per heavy atom. The van der Waals surface area contributed by atoms with Crippen molar-refractivity contribution in [3.05, 3.63) is 23.4 Å². The minimum atomic E-state index is -0.911. The van der Waals surface area contributed by atoms with Crippen LogP contribution in [0, 0.1) is 12.8 Å². The van der Waals surface area contributed by atoms with Gasteiger partial charge in [0.2, 0.25) is 0 Å². The van der Waals surface area contributed by atoms with Gasteiger partial charge in [0.25, 0.3) is 5.91 Å². The van der Waals surface area contributed by atoms with Crippen LogP contribution in [-0.4, -0.2) is 28.5 Å². The number of hydrogen-bond donors (Lipinski definition) is 3. The van der Waals surface area contributed by atoms with E-state index in [1.165, 1.54) is 0 Å². The van der Waals surface area contributed by atoms with E-state index in [4.69, 9.17) is 10.8 Å². The Balaban J connectivity index is 2.85. The van der Waals surface area contributed by atoms with Gasteiger partial charge in [-0.25, -0.2) is 4.98 Å². The molecule has 0 radical (unpaired) electrons. The van der Waals surface area contributed by atoms with Crippen LogP contribution in [0.25, 0.3) is 0 Å². The topological polar surface area (TPSA) is 105 Å². The smallest absolute Gasteiger partial charge is 0.308 e. The van der Waals surface area contributed by atoms with Crippen molar-refractivity contribution in [3.63, 3.8) is 0 Å². The molecule has 92 valence electrons. The monoisotopic (exact) mass is 237 g/mol. The molecule has 1 heterocycles. The standard InChI is InChI=1S/C11H15N3O3/c1-6(11(16)17)5-13-10-8(9(12)15)4-3-7(2)14-10/h3-4,6H,5H2,1-2H3,(H2,12,15)(H,13,14)(H,16,17). The Labute approximate surface area is 98.8 Å². The van der Waals surface area contributed by atoms with Crippen LogP contribution in [-0.2, 0) is 4.79 Å². The van der Waals surface area contributed by atoms with Gasteiger partial charge in [-0.1, -0.05) is 6.92 Å². The second kappa shape index (κ2) is 5.29. The van der Waals surface area contributed by atoms with E-state index in [2.05, 4.69) is 10.3 Å². The Bertz CT molecular complexity index is 446. The number of primary amides is 1. The van der Waals surface area contributed by atoms with Crippen LogP contribution in [0.5, 0.6) is 0 Å². The molecule has 6 nitrogen and oxygen atoms in total. The minimum absolute atomic E-state index is 0.187. The summed E-state index contributed by atoms with van der Waals surface area (Å²) in [6, 6.07) is 3.24. The van der Waals surface area contributed by atoms with Gasteiger partial charge < -0.3 is 16.2 Å². The van der Waals surface area contributed by atoms with Gasteiger partial charge in [0.1, 0.15) is 5.82 Å². The number of pyridine rings is 1. The van der Waals surface area contributed by atoms with Crippen LogP contribution >= 0.6 is 0 Å². The van der Waals surface area contributed by atoms with Crippen molar-refractivity contribution >= 4 is 17.7 Å². The number of carboxylic acid groups (broad SMARTS) is 1. The normalized spacial score (nSPS) is 11.9. The predicted molar refractivity (Wildman–Crippen MR) is 62.8 cm³/mol. The number of aliphatic carboxylic acids is 1. The third-order valence-electron chi connectivity index (χ3n) is 2.30. The molecule has 1 aromatic heterocycles. The molecule has 17 heavy (non-hydrogen) atoms. The fraction of sp³-hybridized carbons (Fsp3) is 0.364. The number of nitrogens with two attached hydrogens (primary N) is 1. The number of carboxylic acids is 1. The number of aryl methyl sites for hydroxylation is 1. The Morgan fingerprint density at radius 2 is 2.18 bits per heavy atom. The zero-order valence-corrected chi connectivity index (χ0v) is 9.73. The van der Waals surface area contributed by atoms with Crippen molar-refractivity contribution < 1.29 is 14.7 Å². The maximum atomic E-state index is 11.1. The first-order chi connectivity index (χ1) is 7.91. The summed E-state index contributed by atoms with van der Waals surface area (Å²) in [5, 5.41) is 11.6. The lowest BCUT2D eigenvalue weighted by atomic mass is 10.1. The summed E-state index contributed by atoms with van der Waals surface area (Å²) in [5.41, 5.74) is 6.18. The van der Waals surface area contributed by atoms with Crippen molar-refractivity contribution in [2.75, 3.05) is 11.9 Å². The van der Waals surface area contributed by atoms with Crippen LogP contribution in [0.2, 0.25) is 0 Å². The van der Waals surface area contributed by atoms with Crippen molar-refractivity contribution in [1.29, 1.82) is 0 Å². The molecule has 0 fully saturated rings. The molecule has 1 rings (SSSR count). The summed E-state index contributed by atoms with van der Waals surface area (Å²) in [7, 11) is 0. The van der Waals surface area contributed by atoms with Gasteiger partial charge in [0.15, 0.2) is 0 Å². The van der Waals surface area contributed by atoms with E-state index in [0.717, 1.165) is 5.69 Å². The lowest BCUT2D eigenvalue weighted by Gasteiger charge is -2.11. The zero-order valence-electron chi connectivity index (χ0n) is 9.73. The average molecular weight is 237 g/mol. The van der Waals surface area contributed by atoms with Crippen molar-refractivity contribution in [3.8, 4) is 0 Å². The van der Waals surface area contributed by atoms with Crippen LogP contribution in [0.1, 0.15) is 23.0 Å². The molecule has 6 heteroatoms. The van der Waals surface area contributed by atoms with E-state index in [-0.39, 0.29) is 12.1 Å². The van der Waals surface area contributed by atoms with E-state index < -0.39 is 17.8 Å². The van der Waals surface area contributed by atoms with Gasteiger partial charge in [-0.2, -0.15) is 0 Å². The largest absolute Gasteiger partial charge is 0.481 e. The maximum Gasteiger partial charge on any atom is 0.308 e. The lowest BCUT2D eigenvalue weighted by Crippen LogP contribution is -2.22. The van der Waals surface area contributed by atoms with E-state index in [1.54, 1.807) is 26.0 Å². The summed E-state index contributed by atoms with van der Waals surface area (Å²) in [6.45, 7) is 3.53. The molecular formula is C11H15N3O3. The molecule has 1 amide bonds. The molecule has 0 aromatic carbocycles. The van der Waals surface area contributed by atoms with Crippen molar-refractivity contribution in [2.24, 2.45) is 11.7 Å². The van der Waals surface area contributed by atoms with Crippen LogP contribution in [0.4, 0.5) is 5.82 Å². The summed E-state index contributed by atoms with van der Waals surface area (Å²) in [5.74, 6) is -1.75. The second-order valence-corrected chi connectivity index (χ2v) is 3.83. The predicted octanol–water partition coefficient (Wildman–Crippen LogP) is 0.622. The number of rotatable bonds is 5. The highest BCUT2D eigenvalue weighted by atomic mass is 16.4. The first-order valence-corrected chi connectivity index (χ1v) is 5.16. The quantitative estimate of drug-likeness (QED) is 0.696. The molecule has 0 bridgehead atoms. The highest BCUT2D eigenvalue weighted by Crippen LogP contribution is 2.13. The van der Waals surface area contributed by atoms with E-state index in [1.807, 2.05) is 0 Å². The van der Waals surface area contributed by atoms with Gasteiger partial charge in [0, 0.05) is 12.2 Å². The van der Waals surface area contributed by atoms with Gasteiger partial charge in [-0.3, -0.25) is 9.59 Å². The third-order valence-corrected chi connectivity index (χ3v) is 2.30. The molecule has 0 aliphatic rings. The summed E-state index contributed by atoms with van der Waals surface area (Å²) in [6.07, 6.45) is 0. The first kappa shape index (κ1) is 13.0. The first-order valence-electron chi connectivity index (χ1n) is 5.16. The molecule has 4 N–H and O–H groups in total. The lowest BCUT2D eigenvalue weighted by molar-refractivity contribution is -0.140. The average Bonchev–Trinajstić information content (AvgIpc) is 2.25. The van der Waals surface area contributed by atoms with Gasteiger partial charge >= 0.3 is 5.97 Å². The number of nitrogens with one attached hydrogen (secondary N) is 1. The molecule has 1 unspecified atom stereocenters. The number of anilines is 1. The van der Waals surface area contributed by atoms with Crippen LogP contribution < -0.4 is 11.1 Å².